The number of rotatable bonds is 14. The zero-order chi connectivity index (χ0) is 23.4. The van der Waals surface area contributed by atoms with Crippen molar-refractivity contribution in [2.24, 2.45) is 0 Å². The maximum atomic E-state index is 12.5. The quantitative estimate of drug-likeness (QED) is 0.242. The molecule has 0 radical (unpaired) electrons. The van der Waals surface area contributed by atoms with Gasteiger partial charge in [0.2, 0.25) is 22.1 Å². The first-order valence-electron chi connectivity index (χ1n) is 10.2. The standard InChI is InChI=1S/C12H30O6P4.C4H11O2P.Na/c1-7-20(13,8-2)16-19(17-21(14,9-3)10-4)18-22(15,11-5)12-6;1-3-7(5,6)4-2;/h7-12H2,1-6H3;3-4H2,1-2H3,(H,5,6);/q;;+1/p-1. The summed E-state index contributed by atoms with van der Waals surface area (Å²) in [5, 5.41) is 0. The summed E-state index contributed by atoms with van der Waals surface area (Å²) in [5.74, 6) is 0. The molecular formula is C16H40NaO8P5. The molecule has 0 amide bonds. The van der Waals surface area contributed by atoms with E-state index in [-0.39, 0.29) is 29.6 Å². The van der Waals surface area contributed by atoms with Crippen molar-refractivity contribution in [3.05, 3.63) is 0 Å². The zero-order valence-corrected chi connectivity index (χ0v) is 26.6. The molecule has 0 saturated carbocycles. The third-order valence-corrected chi connectivity index (χ3v) is 17.4. The van der Waals surface area contributed by atoms with E-state index in [1.54, 1.807) is 55.4 Å². The van der Waals surface area contributed by atoms with Crippen molar-refractivity contribution in [3.8, 4) is 0 Å². The average Bonchev–Trinajstić information content (AvgIpc) is 2.73. The molecule has 0 bridgehead atoms. The Morgan fingerprint density at radius 1 is 0.533 bits per heavy atom. The minimum atomic E-state index is -2.91. The maximum absolute atomic E-state index is 12.5. The molecule has 0 aromatic rings. The summed E-state index contributed by atoms with van der Waals surface area (Å²) in [7, 11) is -13.8. The SMILES string of the molecule is CCP(=O)(CC)OP(OP(=O)(CC)CC)OP(=O)(CC)CC.CCP(=O)([O-])CC.[Na+]. The first-order valence-corrected chi connectivity index (χ1v) is 19.3. The van der Waals surface area contributed by atoms with E-state index in [0.717, 1.165) is 0 Å². The Balaban J connectivity index is -0.000000779. The van der Waals surface area contributed by atoms with Crippen molar-refractivity contribution in [3.63, 3.8) is 0 Å². The molecular weight excluding hydrogens is 498 g/mol. The molecule has 0 heterocycles. The van der Waals surface area contributed by atoms with E-state index in [2.05, 4.69) is 0 Å². The van der Waals surface area contributed by atoms with Crippen LogP contribution >= 0.6 is 38.1 Å². The molecule has 0 atom stereocenters. The molecule has 0 aliphatic carbocycles. The molecule has 0 rings (SSSR count). The summed E-state index contributed by atoms with van der Waals surface area (Å²) in [4.78, 5) is 10.4. The van der Waals surface area contributed by atoms with Crippen LogP contribution in [0.4, 0.5) is 0 Å². The van der Waals surface area contributed by atoms with Crippen LogP contribution < -0.4 is 34.5 Å². The van der Waals surface area contributed by atoms with E-state index in [1.807, 2.05) is 0 Å². The van der Waals surface area contributed by atoms with Gasteiger partial charge in [-0.15, -0.1) is 0 Å². The van der Waals surface area contributed by atoms with Gasteiger partial charge in [0.05, 0.1) is 0 Å². The normalized spacial score (nSPS) is 12.9. The van der Waals surface area contributed by atoms with Gasteiger partial charge in [0.15, 0.2) is 0 Å². The van der Waals surface area contributed by atoms with Crippen molar-refractivity contribution >= 4 is 38.1 Å². The summed E-state index contributed by atoms with van der Waals surface area (Å²) in [5.41, 5.74) is 0. The van der Waals surface area contributed by atoms with Crippen LogP contribution in [0.2, 0.25) is 0 Å². The Kier molecular flexibility index (Phi) is 21.6. The van der Waals surface area contributed by atoms with E-state index >= 15 is 0 Å². The number of hydrogen-bond acceptors (Lipinski definition) is 8. The fraction of sp³-hybridized carbons (Fsp3) is 1.00. The molecule has 0 N–H and O–H groups in total. The fourth-order valence-corrected chi connectivity index (χ4v) is 10.3. The molecule has 0 aliphatic heterocycles. The van der Waals surface area contributed by atoms with Crippen LogP contribution in [-0.4, -0.2) is 49.3 Å². The van der Waals surface area contributed by atoms with Crippen molar-refractivity contribution < 1.29 is 65.6 Å². The van der Waals surface area contributed by atoms with Crippen molar-refractivity contribution in [2.45, 2.75) is 55.4 Å². The predicted molar refractivity (Wildman–Crippen MR) is 125 cm³/mol. The van der Waals surface area contributed by atoms with Crippen LogP contribution in [0.25, 0.3) is 0 Å². The van der Waals surface area contributed by atoms with Gasteiger partial charge in [-0.3, -0.25) is 26.6 Å². The number of hydrogen-bond donors (Lipinski definition) is 0. The zero-order valence-electron chi connectivity index (χ0n) is 20.2. The van der Waals surface area contributed by atoms with Gasteiger partial charge in [-0.1, -0.05) is 55.4 Å². The first kappa shape index (κ1) is 36.8. The van der Waals surface area contributed by atoms with Gasteiger partial charge in [-0.25, -0.2) is 0 Å². The van der Waals surface area contributed by atoms with Crippen molar-refractivity contribution in [1.82, 2.24) is 0 Å². The Morgan fingerprint density at radius 3 is 0.833 bits per heavy atom. The molecule has 0 fully saturated rings. The molecule has 0 aliphatic rings. The maximum Gasteiger partial charge on any atom is 1.00 e. The predicted octanol–water partition coefficient (Wildman–Crippen LogP) is 3.89. The minimum Gasteiger partial charge on any atom is -0.799 e. The molecule has 0 spiro atoms. The second-order valence-electron chi connectivity index (χ2n) is 6.26. The summed E-state index contributed by atoms with van der Waals surface area (Å²) in [6.45, 7) is 13.9. The summed E-state index contributed by atoms with van der Waals surface area (Å²) < 4.78 is 64.7. The van der Waals surface area contributed by atoms with Gasteiger partial charge < -0.3 is 9.46 Å². The topological polar surface area (TPSA) is 119 Å². The van der Waals surface area contributed by atoms with Crippen LogP contribution in [-0.2, 0) is 31.2 Å². The Hall–Kier alpha value is 2.19. The molecule has 178 valence electrons. The van der Waals surface area contributed by atoms with Crippen LogP contribution in [0.3, 0.4) is 0 Å². The Labute approximate surface area is 207 Å². The molecule has 8 nitrogen and oxygen atoms in total. The summed E-state index contributed by atoms with van der Waals surface area (Å²) in [6, 6.07) is 0. The van der Waals surface area contributed by atoms with Crippen molar-refractivity contribution in [1.29, 1.82) is 0 Å². The van der Waals surface area contributed by atoms with Gasteiger partial charge in [-0.2, -0.15) is 0 Å². The molecule has 30 heavy (non-hydrogen) atoms. The fourth-order valence-electron chi connectivity index (χ4n) is 1.65. The van der Waals surface area contributed by atoms with Crippen LogP contribution in [0.5, 0.6) is 0 Å². The molecule has 0 unspecified atom stereocenters. The van der Waals surface area contributed by atoms with Gasteiger partial charge in [-0.05, 0) is 12.3 Å². The Morgan fingerprint density at radius 2 is 0.733 bits per heavy atom. The average molecular weight is 538 g/mol. The molecule has 0 aromatic carbocycles. The second kappa shape index (κ2) is 17.6. The first-order chi connectivity index (χ1) is 13.3. The molecule has 14 heteroatoms. The summed E-state index contributed by atoms with van der Waals surface area (Å²) in [6.07, 6.45) is 2.59. The van der Waals surface area contributed by atoms with E-state index in [1.165, 1.54) is 0 Å². The monoisotopic (exact) mass is 538 g/mol. The van der Waals surface area contributed by atoms with Gasteiger partial charge >= 0.3 is 38.2 Å². The Bertz CT molecular complexity index is 547. The summed E-state index contributed by atoms with van der Waals surface area (Å²) >= 11 is 0. The van der Waals surface area contributed by atoms with E-state index < -0.39 is 38.1 Å². The van der Waals surface area contributed by atoms with Crippen LogP contribution in [0.15, 0.2) is 0 Å². The smallest absolute Gasteiger partial charge is 0.799 e. The molecule has 0 aromatic heterocycles. The molecule has 0 saturated heterocycles. The van der Waals surface area contributed by atoms with Gasteiger partial charge in [0.1, 0.15) is 0 Å². The van der Waals surface area contributed by atoms with E-state index in [0.29, 0.717) is 49.3 Å². The van der Waals surface area contributed by atoms with E-state index in [4.69, 9.17) is 12.9 Å². The largest absolute Gasteiger partial charge is 1.00 e. The third kappa shape index (κ3) is 15.2. The van der Waals surface area contributed by atoms with Gasteiger partial charge in [0, 0.05) is 44.3 Å². The van der Waals surface area contributed by atoms with E-state index in [9.17, 15) is 23.2 Å². The third-order valence-electron chi connectivity index (χ3n) is 4.50. The second-order valence-corrected chi connectivity index (χ2v) is 20.2. The van der Waals surface area contributed by atoms with Gasteiger partial charge in [0.25, 0.3) is 0 Å². The van der Waals surface area contributed by atoms with Crippen molar-refractivity contribution in [2.75, 3.05) is 49.3 Å². The van der Waals surface area contributed by atoms with Crippen LogP contribution in [0, 0.1) is 0 Å². The van der Waals surface area contributed by atoms with Crippen LogP contribution in [0.1, 0.15) is 55.4 Å². The minimum absolute atomic E-state index is 0.